The number of hydrogen-bond acceptors (Lipinski definition) is 3. The van der Waals surface area contributed by atoms with Gasteiger partial charge in [0.25, 0.3) is 0 Å². The minimum atomic E-state index is 0.588. The summed E-state index contributed by atoms with van der Waals surface area (Å²) in [6.45, 7) is 0. The van der Waals surface area contributed by atoms with Gasteiger partial charge in [-0.3, -0.25) is 4.57 Å². The molecule has 2 heterocycles. The van der Waals surface area contributed by atoms with Crippen molar-refractivity contribution in [3.63, 3.8) is 0 Å². The number of benzene rings is 6. The average Bonchev–Trinajstić information content (AvgIpc) is 3.44. The van der Waals surface area contributed by atoms with Crippen LogP contribution in [0, 0.1) is 0 Å². The van der Waals surface area contributed by atoms with Crippen LogP contribution in [0.1, 0.15) is 0 Å². The van der Waals surface area contributed by atoms with Crippen LogP contribution in [0.4, 0.5) is 0 Å². The Kier molecular flexibility index (Phi) is 6.08. The van der Waals surface area contributed by atoms with Crippen LogP contribution in [-0.4, -0.2) is 19.5 Å². The highest BCUT2D eigenvalue weighted by Gasteiger charge is 2.20. The van der Waals surface area contributed by atoms with Gasteiger partial charge in [0.05, 0.1) is 11.0 Å². The molecule has 4 heteroatoms. The van der Waals surface area contributed by atoms with Crippen molar-refractivity contribution in [2.24, 2.45) is 0 Å². The molecule has 8 aromatic rings. The maximum atomic E-state index is 5.11. The second kappa shape index (κ2) is 10.5. The summed E-state index contributed by atoms with van der Waals surface area (Å²) in [6, 6.07) is 54.5. The van der Waals surface area contributed by atoms with E-state index in [4.69, 9.17) is 15.0 Å². The first-order valence-electron chi connectivity index (χ1n) is 14.4. The smallest absolute Gasteiger partial charge is 0.238 e. The summed E-state index contributed by atoms with van der Waals surface area (Å²) in [7, 11) is 0. The summed E-state index contributed by atoms with van der Waals surface area (Å²) in [6.07, 6.45) is 0. The molecular formula is C39H26N4. The lowest BCUT2D eigenvalue weighted by Crippen LogP contribution is -2.06. The second-order valence-electron chi connectivity index (χ2n) is 10.5. The summed E-state index contributed by atoms with van der Waals surface area (Å²) in [5.41, 5.74) is 8.63. The number of rotatable bonds is 5. The lowest BCUT2D eigenvalue weighted by atomic mass is 9.97. The maximum Gasteiger partial charge on any atom is 0.238 e. The monoisotopic (exact) mass is 550 g/mol. The molecule has 43 heavy (non-hydrogen) atoms. The number of para-hydroxylation sites is 2. The Morgan fingerprint density at radius 2 is 0.884 bits per heavy atom. The third-order valence-electron chi connectivity index (χ3n) is 7.86. The van der Waals surface area contributed by atoms with Crippen molar-refractivity contribution in [2.45, 2.75) is 0 Å². The van der Waals surface area contributed by atoms with Crippen LogP contribution in [0.3, 0.4) is 0 Å². The van der Waals surface area contributed by atoms with Crippen LogP contribution in [0.5, 0.6) is 0 Å². The first kappa shape index (κ1) is 24.9. The highest BCUT2D eigenvalue weighted by atomic mass is 15.2. The number of fused-ring (bicyclic) bond motifs is 3. The second-order valence-corrected chi connectivity index (χ2v) is 10.5. The first-order valence-corrected chi connectivity index (χ1v) is 14.4. The van der Waals surface area contributed by atoms with Crippen molar-refractivity contribution in [2.75, 3.05) is 0 Å². The molecule has 0 saturated carbocycles. The van der Waals surface area contributed by atoms with E-state index < -0.39 is 0 Å². The number of hydrogen-bond donors (Lipinski definition) is 0. The van der Waals surface area contributed by atoms with Crippen molar-refractivity contribution < 1.29 is 0 Å². The van der Waals surface area contributed by atoms with E-state index in [-0.39, 0.29) is 0 Å². The molecule has 2 aromatic heterocycles. The zero-order valence-corrected chi connectivity index (χ0v) is 23.3. The predicted octanol–water partition coefficient (Wildman–Crippen LogP) is 9.64. The van der Waals surface area contributed by atoms with Gasteiger partial charge in [0.2, 0.25) is 5.95 Å². The van der Waals surface area contributed by atoms with Gasteiger partial charge in [0, 0.05) is 27.5 Å². The van der Waals surface area contributed by atoms with Crippen LogP contribution in [-0.2, 0) is 0 Å². The number of nitrogens with zero attached hydrogens (tertiary/aromatic N) is 4. The Morgan fingerprint density at radius 1 is 0.372 bits per heavy atom. The lowest BCUT2D eigenvalue weighted by molar-refractivity contribution is 0.954. The van der Waals surface area contributed by atoms with Crippen LogP contribution in [0.2, 0.25) is 0 Å². The van der Waals surface area contributed by atoms with E-state index >= 15 is 0 Å². The van der Waals surface area contributed by atoms with Crippen molar-refractivity contribution in [1.29, 1.82) is 0 Å². The maximum absolute atomic E-state index is 5.11. The molecule has 0 amide bonds. The van der Waals surface area contributed by atoms with Crippen molar-refractivity contribution in [1.82, 2.24) is 19.5 Å². The third-order valence-corrected chi connectivity index (χ3v) is 7.86. The van der Waals surface area contributed by atoms with E-state index in [0.717, 1.165) is 44.1 Å². The van der Waals surface area contributed by atoms with Gasteiger partial charge >= 0.3 is 0 Å². The molecule has 0 bridgehead atoms. The van der Waals surface area contributed by atoms with Gasteiger partial charge in [-0.1, -0.05) is 146 Å². The third kappa shape index (κ3) is 4.46. The molecule has 0 atom stereocenters. The largest absolute Gasteiger partial charge is 0.277 e. The Hall–Kier alpha value is -5.87. The fourth-order valence-electron chi connectivity index (χ4n) is 5.85. The average molecular weight is 551 g/mol. The van der Waals surface area contributed by atoms with Gasteiger partial charge in [-0.05, 0) is 28.8 Å². The van der Waals surface area contributed by atoms with Gasteiger partial charge in [0.15, 0.2) is 11.6 Å². The van der Waals surface area contributed by atoms with Gasteiger partial charge in [-0.15, -0.1) is 0 Å². The molecule has 0 unspecified atom stereocenters. The van der Waals surface area contributed by atoms with Gasteiger partial charge in [0.1, 0.15) is 0 Å². The van der Waals surface area contributed by atoms with Gasteiger partial charge in [-0.25, -0.2) is 4.98 Å². The summed E-state index contributed by atoms with van der Waals surface area (Å²) in [5.74, 6) is 1.86. The fraction of sp³-hybridized carbons (Fsp3) is 0. The molecule has 0 spiro atoms. The minimum Gasteiger partial charge on any atom is -0.277 e. The highest BCUT2D eigenvalue weighted by Crippen LogP contribution is 2.38. The molecule has 0 aliphatic carbocycles. The van der Waals surface area contributed by atoms with E-state index in [0.29, 0.717) is 17.6 Å². The van der Waals surface area contributed by atoms with Gasteiger partial charge in [-0.2, -0.15) is 9.97 Å². The molecule has 202 valence electrons. The van der Waals surface area contributed by atoms with Crippen molar-refractivity contribution in [3.8, 4) is 51.0 Å². The van der Waals surface area contributed by atoms with Crippen molar-refractivity contribution >= 4 is 21.8 Å². The molecule has 8 rings (SSSR count). The Balaban J connectivity index is 1.43. The van der Waals surface area contributed by atoms with Gasteiger partial charge < -0.3 is 0 Å². The van der Waals surface area contributed by atoms with Crippen LogP contribution < -0.4 is 0 Å². The molecule has 0 saturated heterocycles. The molecule has 0 N–H and O–H groups in total. The van der Waals surface area contributed by atoms with E-state index in [1.807, 2.05) is 60.7 Å². The van der Waals surface area contributed by atoms with Crippen molar-refractivity contribution in [3.05, 3.63) is 158 Å². The zero-order valence-electron chi connectivity index (χ0n) is 23.3. The summed E-state index contributed by atoms with van der Waals surface area (Å²) in [5, 5.41) is 2.31. The standard InChI is InChI=1S/C39H26N4/c1-4-14-27(15-5-1)30-20-12-21-31(26-30)32-23-13-24-34-33-22-10-11-25-35(33)43(36(32)34)39-41-37(28-16-6-2-7-17-28)40-38(42-39)29-18-8-3-9-19-29/h1-26H. The SMILES string of the molecule is c1ccc(-c2cccc(-c3cccc4c5ccccc5n(-c5nc(-c6ccccc6)nc(-c6ccccc6)n5)c34)c2)cc1. The zero-order chi connectivity index (χ0) is 28.6. The molecule has 6 aromatic carbocycles. The normalized spacial score (nSPS) is 11.3. The molecular weight excluding hydrogens is 524 g/mol. The van der Waals surface area contributed by atoms with E-state index in [1.165, 1.54) is 11.1 Å². The lowest BCUT2D eigenvalue weighted by Gasteiger charge is -2.13. The highest BCUT2D eigenvalue weighted by molar-refractivity contribution is 6.13. The number of aromatic nitrogens is 4. The Morgan fingerprint density at radius 3 is 1.56 bits per heavy atom. The quantitative estimate of drug-likeness (QED) is 0.214. The van der Waals surface area contributed by atoms with Crippen LogP contribution >= 0.6 is 0 Å². The first-order chi connectivity index (χ1) is 21.3. The summed E-state index contributed by atoms with van der Waals surface area (Å²) >= 11 is 0. The molecule has 0 aliphatic heterocycles. The topological polar surface area (TPSA) is 43.6 Å². The molecule has 0 fully saturated rings. The van der Waals surface area contributed by atoms with Crippen LogP contribution in [0.25, 0.3) is 72.8 Å². The van der Waals surface area contributed by atoms with E-state index in [1.54, 1.807) is 0 Å². The molecule has 0 radical (unpaired) electrons. The fourth-order valence-corrected chi connectivity index (χ4v) is 5.85. The molecule has 0 aliphatic rings. The minimum absolute atomic E-state index is 0.588. The molecule has 4 nitrogen and oxygen atoms in total. The predicted molar refractivity (Wildman–Crippen MR) is 176 cm³/mol. The Labute approximate surface area is 249 Å². The summed E-state index contributed by atoms with van der Waals surface area (Å²) in [4.78, 5) is 15.2. The van der Waals surface area contributed by atoms with E-state index in [9.17, 15) is 0 Å². The van der Waals surface area contributed by atoms with Crippen LogP contribution in [0.15, 0.2) is 158 Å². The summed E-state index contributed by atoms with van der Waals surface area (Å²) < 4.78 is 2.20. The Bertz CT molecular complexity index is 2160. The van der Waals surface area contributed by atoms with E-state index in [2.05, 4.69) is 102 Å².